The first-order valence-corrected chi connectivity index (χ1v) is 14.4. The highest BCUT2D eigenvalue weighted by Crippen LogP contribution is 2.21. The van der Waals surface area contributed by atoms with E-state index >= 15 is 0 Å². The van der Waals surface area contributed by atoms with Gasteiger partial charge in [-0.05, 0) is 55.5 Å². The van der Waals surface area contributed by atoms with Crippen LogP contribution in [0.3, 0.4) is 0 Å². The Hall–Kier alpha value is -2.94. The molecule has 0 aromatic heterocycles. The molecule has 9 heteroatoms. The summed E-state index contributed by atoms with van der Waals surface area (Å²) in [6.45, 7) is 1.63. The monoisotopic (exact) mass is 517 g/mol. The number of anilines is 1. The fraction of sp³-hybridized carbons (Fsp3) is 0.481. The largest absolute Gasteiger partial charge is 0.352 e. The van der Waals surface area contributed by atoms with Crippen LogP contribution in [-0.2, 0) is 26.0 Å². The molecule has 1 fully saturated rings. The lowest BCUT2D eigenvalue weighted by atomic mass is 9.95. The molecule has 0 radical (unpaired) electrons. The van der Waals surface area contributed by atoms with Crippen molar-refractivity contribution in [3.63, 3.8) is 0 Å². The normalized spacial score (nSPS) is 15.2. The third-order valence-electron chi connectivity index (χ3n) is 6.62. The van der Waals surface area contributed by atoms with E-state index in [4.69, 9.17) is 0 Å². The number of hydrogen-bond donors (Lipinski definition) is 1. The van der Waals surface area contributed by atoms with E-state index in [9.17, 15) is 22.4 Å². The van der Waals surface area contributed by atoms with Crippen molar-refractivity contribution < 1.29 is 22.4 Å². The smallest absolute Gasteiger partial charge is 0.244 e. The first-order chi connectivity index (χ1) is 17.2. The van der Waals surface area contributed by atoms with Gasteiger partial charge in [0.1, 0.15) is 18.4 Å². The number of benzene rings is 2. The van der Waals surface area contributed by atoms with Gasteiger partial charge in [0.15, 0.2) is 0 Å². The maximum atomic E-state index is 13.6. The van der Waals surface area contributed by atoms with Gasteiger partial charge in [-0.2, -0.15) is 0 Å². The molecule has 7 nitrogen and oxygen atoms in total. The van der Waals surface area contributed by atoms with Crippen molar-refractivity contribution >= 4 is 27.5 Å². The summed E-state index contributed by atoms with van der Waals surface area (Å²) in [6.07, 6.45) is 7.07. The predicted molar refractivity (Wildman–Crippen MR) is 140 cm³/mol. The number of hydrogen-bond acceptors (Lipinski definition) is 4. The van der Waals surface area contributed by atoms with Crippen LogP contribution < -0.4 is 9.62 Å². The molecule has 0 unspecified atom stereocenters. The second-order valence-corrected chi connectivity index (χ2v) is 11.2. The first kappa shape index (κ1) is 27.6. The zero-order valence-corrected chi connectivity index (χ0v) is 21.8. The minimum absolute atomic E-state index is 0.0955. The van der Waals surface area contributed by atoms with Crippen LogP contribution in [0.1, 0.15) is 51.0 Å². The van der Waals surface area contributed by atoms with Crippen LogP contribution in [0, 0.1) is 5.82 Å². The Morgan fingerprint density at radius 3 is 2.25 bits per heavy atom. The predicted octanol–water partition coefficient (Wildman–Crippen LogP) is 3.89. The maximum absolute atomic E-state index is 13.6. The van der Waals surface area contributed by atoms with Crippen molar-refractivity contribution in [3.8, 4) is 0 Å². The summed E-state index contributed by atoms with van der Waals surface area (Å²) in [7, 11) is -3.84. The van der Waals surface area contributed by atoms with E-state index in [2.05, 4.69) is 5.32 Å². The van der Waals surface area contributed by atoms with Crippen LogP contribution in [0.2, 0.25) is 0 Å². The van der Waals surface area contributed by atoms with Gasteiger partial charge in [0.25, 0.3) is 0 Å². The molecule has 1 atom stereocenters. The van der Waals surface area contributed by atoms with Gasteiger partial charge in [0.2, 0.25) is 21.8 Å². The number of nitrogens with zero attached hydrogens (tertiary/aromatic N) is 2. The molecule has 2 aromatic rings. The molecule has 1 saturated carbocycles. The van der Waals surface area contributed by atoms with Gasteiger partial charge < -0.3 is 10.2 Å². The van der Waals surface area contributed by atoms with E-state index in [-0.39, 0.29) is 24.2 Å². The highest BCUT2D eigenvalue weighted by Gasteiger charge is 2.32. The first-order valence-electron chi connectivity index (χ1n) is 12.6. The summed E-state index contributed by atoms with van der Waals surface area (Å²) in [6, 6.07) is 14.0. The van der Waals surface area contributed by atoms with Gasteiger partial charge in [0, 0.05) is 12.6 Å². The fourth-order valence-corrected chi connectivity index (χ4v) is 5.51. The molecule has 36 heavy (non-hydrogen) atoms. The van der Waals surface area contributed by atoms with Gasteiger partial charge in [0.05, 0.1) is 11.9 Å². The molecule has 0 heterocycles. The average molecular weight is 518 g/mol. The summed E-state index contributed by atoms with van der Waals surface area (Å²) in [5, 5.41) is 3.12. The van der Waals surface area contributed by atoms with Crippen LogP contribution >= 0.6 is 0 Å². The molecule has 196 valence electrons. The van der Waals surface area contributed by atoms with Crippen LogP contribution in [-0.4, -0.2) is 56.6 Å². The Morgan fingerprint density at radius 2 is 1.67 bits per heavy atom. The maximum Gasteiger partial charge on any atom is 0.244 e. The van der Waals surface area contributed by atoms with Gasteiger partial charge in [-0.15, -0.1) is 0 Å². The van der Waals surface area contributed by atoms with Crippen molar-refractivity contribution in [2.45, 2.75) is 64.0 Å². The molecule has 1 aliphatic carbocycles. The Labute approximate surface area is 213 Å². The fourth-order valence-electron chi connectivity index (χ4n) is 4.66. The van der Waals surface area contributed by atoms with Crippen molar-refractivity contribution in [1.82, 2.24) is 10.2 Å². The Morgan fingerprint density at radius 1 is 1.03 bits per heavy atom. The third-order valence-corrected chi connectivity index (χ3v) is 7.76. The summed E-state index contributed by atoms with van der Waals surface area (Å²) >= 11 is 0. The van der Waals surface area contributed by atoms with Crippen molar-refractivity contribution in [1.29, 1.82) is 0 Å². The van der Waals surface area contributed by atoms with Crippen LogP contribution in [0.4, 0.5) is 10.1 Å². The molecule has 1 N–H and O–H groups in total. The van der Waals surface area contributed by atoms with Gasteiger partial charge in [-0.3, -0.25) is 13.9 Å². The average Bonchev–Trinajstić information content (AvgIpc) is 2.86. The van der Waals surface area contributed by atoms with E-state index in [0.29, 0.717) is 12.8 Å². The lowest BCUT2D eigenvalue weighted by Gasteiger charge is -2.34. The zero-order chi connectivity index (χ0) is 26.1. The molecule has 1 aliphatic rings. The van der Waals surface area contributed by atoms with E-state index in [1.165, 1.54) is 17.0 Å². The third kappa shape index (κ3) is 7.78. The van der Waals surface area contributed by atoms with Crippen molar-refractivity contribution in [2.75, 3.05) is 23.7 Å². The summed E-state index contributed by atoms with van der Waals surface area (Å²) < 4.78 is 39.5. The van der Waals surface area contributed by atoms with Crippen molar-refractivity contribution in [2.24, 2.45) is 0 Å². The zero-order valence-electron chi connectivity index (χ0n) is 21.0. The Kier molecular flexibility index (Phi) is 9.87. The Balaban J connectivity index is 1.84. The second-order valence-electron chi connectivity index (χ2n) is 9.34. The number of rotatable bonds is 11. The number of halogens is 1. The topological polar surface area (TPSA) is 86.8 Å². The van der Waals surface area contributed by atoms with E-state index in [1.54, 1.807) is 0 Å². The van der Waals surface area contributed by atoms with Crippen LogP contribution in [0.5, 0.6) is 0 Å². The van der Waals surface area contributed by atoms with Gasteiger partial charge in [-0.25, -0.2) is 12.8 Å². The molecule has 2 aromatic carbocycles. The molecule has 0 bridgehead atoms. The quantitative estimate of drug-likeness (QED) is 0.490. The molecule has 0 spiro atoms. The highest BCUT2D eigenvalue weighted by atomic mass is 32.2. The SMILES string of the molecule is CC[C@H](C(=O)NC1CCCCC1)N(CCc1ccccc1)C(=O)CN(c1ccc(F)cc1)S(C)(=O)=O. The van der Waals surface area contributed by atoms with E-state index in [1.807, 2.05) is 37.3 Å². The van der Waals surface area contributed by atoms with Crippen LogP contribution in [0.15, 0.2) is 54.6 Å². The lowest BCUT2D eigenvalue weighted by molar-refractivity contribution is -0.140. The summed E-state index contributed by atoms with van der Waals surface area (Å²) in [5.41, 5.74) is 1.20. The number of carbonyl (C=O) groups excluding carboxylic acids is 2. The minimum Gasteiger partial charge on any atom is -0.352 e. The molecule has 0 saturated heterocycles. The summed E-state index contributed by atoms with van der Waals surface area (Å²) in [4.78, 5) is 28.4. The minimum atomic E-state index is -3.84. The molecular formula is C27H36FN3O4S. The summed E-state index contributed by atoms with van der Waals surface area (Å²) in [5.74, 6) is -1.20. The molecule has 3 rings (SSSR count). The molecule has 2 amide bonds. The van der Waals surface area contributed by atoms with Gasteiger partial charge >= 0.3 is 0 Å². The van der Waals surface area contributed by atoms with E-state index in [0.717, 1.165) is 60.4 Å². The van der Waals surface area contributed by atoms with Crippen molar-refractivity contribution in [3.05, 3.63) is 66.0 Å². The van der Waals surface area contributed by atoms with Gasteiger partial charge in [-0.1, -0.05) is 56.5 Å². The van der Waals surface area contributed by atoms with E-state index < -0.39 is 34.3 Å². The molecule has 0 aliphatic heterocycles. The second kappa shape index (κ2) is 12.9. The lowest BCUT2D eigenvalue weighted by Crippen LogP contribution is -2.54. The number of nitrogens with one attached hydrogen (secondary N) is 1. The number of sulfonamides is 1. The number of amides is 2. The molecular weight excluding hydrogens is 481 g/mol. The standard InChI is InChI=1S/C27H36FN3O4S/c1-3-25(27(33)29-23-12-8-5-9-13-23)30(19-18-21-10-6-4-7-11-21)26(32)20-31(36(2,34)35)24-16-14-22(28)15-17-24/h4,6-7,10-11,14-17,23,25H,3,5,8-9,12-13,18-20H2,1-2H3,(H,29,33)/t25-/m1/s1. The van der Waals surface area contributed by atoms with Crippen LogP contribution in [0.25, 0.3) is 0 Å². The number of carbonyl (C=O) groups is 2. The Bertz CT molecular complexity index is 1100. The highest BCUT2D eigenvalue weighted by molar-refractivity contribution is 7.92.